The molecule has 1 unspecified atom stereocenters. The van der Waals surface area contributed by atoms with Gasteiger partial charge in [0.05, 0.1) is 0 Å². The topological polar surface area (TPSA) is 78.9 Å². The van der Waals surface area contributed by atoms with Crippen LogP contribution in [0.3, 0.4) is 0 Å². The summed E-state index contributed by atoms with van der Waals surface area (Å²) in [6.45, 7) is 6.52. The number of esters is 3. The molecular formula is C63H112O6. The summed E-state index contributed by atoms with van der Waals surface area (Å²) in [5.41, 5.74) is 0. The van der Waals surface area contributed by atoms with Gasteiger partial charge < -0.3 is 14.2 Å². The average Bonchev–Trinajstić information content (AvgIpc) is 3.35. The summed E-state index contributed by atoms with van der Waals surface area (Å²) in [4.78, 5) is 38.2. The van der Waals surface area contributed by atoms with Gasteiger partial charge in [0.2, 0.25) is 0 Å². The van der Waals surface area contributed by atoms with Crippen LogP contribution in [-0.4, -0.2) is 37.2 Å². The van der Waals surface area contributed by atoms with Gasteiger partial charge in [-0.2, -0.15) is 0 Å². The van der Waals surface area contributed by atoms with Gasteiger partial charge in [0.25, 0.3) is 0 Å². The second kappa shape index (κ2) is 57.7. The summed E-state index contributed by atoms with van der Waals surface area (Å²) in [6.07, 6.45) is 72.1. The highest BCUT2D eigenvalue weighted by atomic mass is 16.6. The summed E-state index contributed by atoms with van der Waals surface area (Å²) >= 11 is 0. The van der Waals surface area contributed by atoms with E-state index in [2.05, 4.69) is 81.5 Å². The van der Waals surface area contributed by atoms with Gasteiger partial charge in [-0.25, -0.2) is 0 Å². The number of hydrogen-bond acceptors (Lipinski definition) is 6. The van der Waals surface area contributed by atoms with Crippen LogP contribution < -0.4 is 0 Å². The zero-order valence-corrected chi connectivity index (χ0v) is 45.8. The summed E-state index contributed by atoms with van der Waals surface area (Å²) in [5, 5.41) is 0. The molecule has 0 aliphatic heterocycles. The van der Waals surface area contributed by atoms with E-state index in [4.69, 9.17) is 14.2 Å². The third-order valence-corrected chi connectivity index (χ3v) is 13.0. The average molecular weight is 966 g/mol. The lowest BCUT2D eigenvalue weighted by Gasteiger charge is -2.18. The molecule has 0 aliphatic rings. The van der Waals surface area contributed by atoms with Gasteiger partial charge in [-0.1, -0.05) is 248 Å². The second-order valence-corrected chi connectivity index (χ2v) is 19.9. The summed E-state index contributed by atoms with van der Waals surface area (Å²) in [5.74, 6) is -0.888. The van der Waals surface area contributed by atoms with Crippen LogP contribution >= 0.6 is 0 Å². The second-order valence-electron chi connectivity index (χ2n) is 19.9. The normalized spacial score (nSPS) is 12.4. The molecule has 0 bridgehead atoms. The lowest BCUT2D eigenvalue weighted by Crippen LogP contribution is -2.30. The maximum atomic E-state index is 12.9. The van der Waals surface area contributed by atoms with Crippen LogP contribution in [0.1, 0.15) is 303 Å². The number of ether oxygens (including phenoxy) is 3. The molecule has 0 saturated carbocycles. The van der Waals surface area contributed by atoms with Gasteiger partial charge in [-0.15, -0.1) is 0 Å². The van der Waals surface area contributed by atoms with E-state index in [-0.39, 0.29) is 31.1 Å². The van der Waals surface area contributed by atoms with Crippen molar-refractivity contribution in [1.29, 1.82) is 0 Å². The van der Waals surface area contributed by atoms with Crippen LogP contribution in [0.25, 0.3) is 0 Å². The number of hydrogen-bond donors (Lipinski definition) is 0. The van der Waals surface area contributed by atoms with Crippen molar-refractivity contribution in [2.75, 3.05) is 13.2 Å². The monoisotopic (exact) mass is 965 g/mol. The third-order valence-electron chi connectivity index (χ3n) is 13.0. The van der Waals surface area contributed by atoms with Crippen molar-refractivity contribution in [2.24, 2.45) is 0 Å². The molecule has 6 nitrogen and oxygen atoms in total. The first-order chi connectivity index (χ1) is 34.0. The zero-order chi connectivity index (χ0) is 50.0. The minimum atomic E-state index is -0.783. The minimum Gasteiger partial charge on any atom is -0.462 e. The Kier molecular flexibility index (Phi) is 55.3. The largest absolute Gasteiger partial charge is 0.462 e. The van der Waals surface area contributed by atoms with E-state index in [1.54, 1.807) is 0 Å². The molecule has 0 spiro atoms. The van der Waals surface area contributed by atoms with E-state index in [1.165, 1.54) is 173 Å². The quantitative estimate of drug-likeness (QED) is 0.0199. The molecule has 0 aromatic heterocycles. The SMILES string of the molecule is CC/C=C\C/C=C\CCCCCCCCCC(=O)OCC(COC(=O)CCCCCCCCCCCC/C=C\C=C/CCCCC)OC(=O)CCCCCCC/C=C\CCCCCCCCCCC. The molecule has 0 aromatic rings. The molecule has 0 aromatic carbocycles. The maximum Gasteiger partial charge on any atom is 0.306 e. The Morgan fingerprint density at radius 1 is 0.319 bits per heavy atom. The van der Waals surface area contributed by atoms with Crippen molar-refractivity contribution in [3.8, 4) is 0 Å². The molecule has 0 rings (SSSR count). The van der Waals surface area contributed by atoms with Crippen LogP contribution in [-0.2, 0) is 28.6 Å². The van der Waals surface area contributed by atoms with Crippen molar-refractivity contribution in [1.82, 2.24) is 0 Å². The van der Waals surface area contributed by atoms with E-state index >= 15 is 0 Å². The molecule has 0 saturated heterocycles. The van der Waals surface area contributed by atoms with E-state index in [0.29, 0.717) is 19.3 Å². The smallest absolute Gasteiger partial charge is 0.306 e. The van der Waals surface area contributed by atoms with Gasteiger partial charge in [0.1, 0.15) is 13.2 Å². The molecular weight excluding hydrogens is 853 g/mol. The van der Waals surface area contributed by atoms with Crippen molar-refractivity contribution >= 4 is 17.9 Å². The molecule has 1 atom stereocenters. The van der Waals surface area contributed by atoms with Crippen LogP contribution in [0.5, 0.6) is 0 Å². The van der Waals surface area contributed by atoms with Crippen molar-refractivity contribution < 1.29 is 28.6 Å². The molecule has 69 heavy (non-hydrogen) atoms. The first-order valence-corrected chi connectivity index (χ1v) is 29.8. The van der Waals surface area contributed by atoms with Gasteiger partial charge in [0, 0.05) is 19.3 Å². The van der Waals surface area contributed by atoms with E-state index in [9.17, 15) is 14.4 Å². The number of carbonyl (C=O) groups is 3. The summed E-state index contributed by atoms with van der Waals surface area (Å²) in [6, 6.07) is 0. The Bertz CT molecular complexity index is 1250. The van der Waals surface area contributed by atoms with Crippen LogP contribution in [0.4, 0.5) is 0 Å². The fourth-order valence-corrected chi connectivity index (χ4v) is 8.53. The molecule has 0 N–H and O–H groups in total. The first kappa shape index (κ1) is 66.1. The molecule has 0 amide bonds. The van der Waals surface area contributed by atoms with Crippen molar-refractivity contribution in [3.63, 3.8) is 0 Å². The predicted molar refractivity (Wildman–Crippen MR) is 298 cm³/mol. The molecule has 0 fully saturated rings. The number of unbranched alkanes of at least 4 members (excludes halogenated alkanes) is 34. The molecule has 400 valence electrons. The highest BCUT2D eigenvalue weighted by Crippen LogP contribution is 2.16. The summed E-state index contributed by atoms with van der Waals surface area (Å²) in [7, 11) is 0. The summed E-state index contributed by atoms with van der Waals surface area (Å²) < 4.78 is 16.9. The molecule has 0 heterocycles. The molecule has 0 radical (unpaired) electrons. The van der Waals surface area contributed by atoms with E-state index in [0.717, 1.165) is 89.9 Å². The number of carbonyl (C=O) groups excluding carboxylic acids is 3. The van der Waals surface area contributed by atoms with Gasteiger partial charge >= 0.3 is 17.9 Å². The lowest BCUT2D eigenvalue weighted by atomic mass is 10.1. The highest BCUT2D eigenvalue weighted by molar-refractivity contribution is 5.71. The van der Waals surface area contributed by atoms with Crippen molar-refractivity contribution in [2.45, 2.75) is 309 Å². The highest BCUT2D eigenvalue weighted by Gasteiger charge is 2.19. The number of allylic oxidation sites excluding steroid dienone is 10. The van der Waals surface area contributed by atoms with Gasteiger partial charge in [-0.05, 0) is 96.3 Å². The fourth-order valence-electron chi connectivity index (χ4n) is 8.53. The minimum absolute atomic E-state index is 0.0807. The van der Waals surface area contributed by atoms with E-state index in [1.807, 2.05) is 0 Å². The van der Waals surface area contributed by atoms with E-state index < -0.39 is 6.10 Å². The fraction of sp³-hybridized carbons (Fsp3) is 0.794. The Morgan fingerprint density at radius 2 is 0.609 bits per heavy atom. The van der Waals surface area contributed by atoms with Gasteiger partial charge in [-0.3, -0.25) is 14.4 Å². The van der Waals surface area contributed by atoms with Crippen LogP contribution in [0, 0.1) is 0 Å². The standard InChI is InChI=1S/C63H112O6/c1-4-7-10-13-16-19-22-25-28-30-32-34-35-38-41-44-47-50-53-56-62(65)68-59-60(58-67-61(64)55-52-49-46-43-40-37-27-24-21-18-15-12-9-6-3)69-63(66)57-54-51-48-45-42-39-36-33-31-29-26-23-20-17-14-11-8-5-2/h9,12,16,18-19,21-22,25,33,36,60H,4-8,10-11,13-15,17,20,23-24,26-32,34-35,37-59H2,1-3H3/b12-9-,19-16-,21-18-,25-22-,36-33-. The van der Waals surface area contributed by atoms with Crippen molar-refractivity contribution in [3.05, 3.63) is 60.8 Å². The zero-order valence-electron chi connectivity index (χ0n) is 45.8. The Labute approximate surface area is 428 Å². The Hall–Kier alpha value is -2.89. The number of rotatable bonds is 54. The third kappa shape index (κ3) is 55.9. The molecule has 0 aliphatic carbocycles. The van der Waals surface area contributed by atoms with Gasteiger partial charge in [0.15, 0.2) is 6.10 Å². The van der Waals surface area contributed by atoms with Crippen LogP contribution in [0.15, 0.2) is 60.8 Å². The first-order valence-electron chi connectivity index (χ1n) is 29.8. The Morgan fingerprint density at radius 3 is 1.00 bits per heavy atom. The molecule has 6 heteroatoms. The van der Waals surface area contributed by atoms with Crippen LogP contribution in [0.2, 0.25) is 0 Å². The maximum absolute atomic E-state index is 12.9. The lowest BCUT2D eigenvalue weighted by molar-refractivity contribution is -0.167. The predicted octanol–water partition coefficient (Wildman–Crippen LogP) is 20.0. The Balaban J connectivity index is 4.37.